The first-order valence-electron chi connectivity index (χ1n) is 8.81. The molecule has 0 saturated carbocycles. The molecule has 5 nitrogen and oxygen atoms in total. The van der Waals surface area contributed by atoms with Crippen molar-refractivity contribution in [1.29, 1.82) is 0 Å². The van der Waals surface area contributed by atoms with Gasteiger partial charge in [-0.15, -0.1) is 0 Å². The molecule has 1 amide bonds. The Morgan fingerprint density at radius 2 is 1.83 bits per heavy atom. The third kappa shape index (κ3) is 3.99. The van der Waals surface area contributed by atoms with Crippen LogP contribution in [-0.2, 0) is 6.18 Å². The molecule has 0 atom stereocenters. The van der Waals surface area contributed by atoms with Crippen molar-refractivity contribution in [3.05, 3.63) is 76.4 Å². The van der Waals surface area contributed by atoms with Gasteiger partial charge in [0, 0.05) is 23.0 Å². The van der Waals surface area contributed by atoms with Crippen molar-refractivity contribution in [3.63, 3.8) is 0 Å². The number of imidazole rings is 1. The molecule has 0 aliphatic heterocycles. The third-order valence-electron chi connectivity index (χ3n) is 4.43. The molecule has 0 saturated heterocycles. The minimum absolute atomic E-state index is 0.0999. The number of benzene rings is 2. The Labute approximate surface area is 173 Å². The number of H-pyrrole nitrogens is 1. The lowest BCUT2D eigenvalue weighted by atomic mass is 10.1. The number of carbonyl (C=O) groups excluding carboxylic acids is 1. The number of halogens is 4. The minimum Gasteiger partial charge on any atom is -0.337 e. The van der Waals surface area contributed by atoms with Crippen molar-refractivity contribution in [2.45, 2.75) is 13.1 Å². The smallest absolute Gasteiger partial charge is 0.337 e. The Morgan fingerprint density at radius 1 is 1.10 bits per heavy atom. The summed E-state index contributed by atoms with van der Waals surface area (Å²) in [6.07, 6.45) is -2.75. The Kier molecular flexibility index (Phi) is 4.95. The third-order valence-corrected chi connectivity index (χ3v) is 4.76. The number of amides is 1. The van der Waals surface area contributed by atoms with Gasteiger partial charge in [-0.3, -0.25) is 4.79 Å². The number of aromatic amines is 1. The summed E-state index contributed by atoms with van der Waals surface area (Å²) in [6.45, 7) is 1.91. The zero-order valence-corrected chi connectivity index (χ0v) is 16.3. The lowest BCUT2D eigenvalue weighted by molar-refractivity contribution is -0.137. The second-order valence-corrected chi connectivity index (χ2v) is 7.10. The minimum atomic E-state index is -4.46. The zero-order valence-electron chi connectivity index (χ0n) is 15.5. The van der Waals surface area contributed by atoms with E-state index in [4.69, 9.17) is 11.6 Å². The Hall–Kier alpha value is -3.39. The van der Waals surface area contributed by atoms with Crippen LogP contribution in [0.25, 0.3) is 22.6 Å². The first-order valence-corrected chi connectivity index (χ1v) is 9.19. The van der Waals surface area contributed by atoms with Gasteiger partial charge in [-0.25, -0.2) is 9.97 Å². The van der Waals surface area contributed by atoms with Crippen molar-refractivity contribution in [3.8, 4) is 11.4 Å². The number of rotatable bonds is 3. The maximum atomic E-state index is 12.7. The summed E-state index contributed by atoms with van der Waals surface area (Å²) in [7, 11) is 0. The molecule has 0 fully saturated rings. The highest BCUT2D eigenvalue weighted by Crippen LogP contribution is 2.31. The number of aryl methyl sites for hydroxylation is 1. The van der Waals surface area contributed by atoms with E-state index in [9.17, 15) is 18.0 Å². The summed E-state index contributed by atoms with van der Waals surface area (Å²) in [6, 6.07) is 10.7. The largest absolute Gasteiger partial charge is 0.416 e. The molecule has 0 bridgehead atoms. The first-order chi connectivity index (χ1) is 14.2. The number of nitrogens with zero attached hydrogens (tertiary/aromatic N) is 2. The highest BCUT2D eigenvalue weighted by Gasteiger charge is 2.30. The second kappa shape index (κ2) is 7.46. The molecule has 0 radical (unpaired) electrons. The van der Waals surface area contributed by atoms with Crippen molar-refractivity contribution >= 4 is 34.4 Å². The summed E-state index contributed by atoms with van der Waals surface area (Å²) in [5.74, 6) is -0.0578. The van der Waals surface area contributed by atoms with Gasteiger partial charge >= 0.3 is 6.18 Å². The van der Waals surface area contributed by atoms with Crippen LogP contribution in [0.15, 0.2) is 54.7 Å². The summed E-state index contributed by atoms with van der Waals surface area (Å²) in [5.41, 5.74) is 2.51. The molecule has 4 aromatic rings. The number of pyridine rings is 1. The van der Waals surface area contributed by atoms with Gasteiger partial charge in [0.1, 0.15) is 5.82 Å². The average molecular weight is 431 g/mol. The predicted octanol–water partition coefficient (Wildman–Crippen LogP) is 5.86. The van der Waals surface area contributed by atoms with E-state index < -0.39 is 17.6 Å². The van der Waals surface area contributed by atoms with Crippen LogP contribution in [0.5, 0.6) is 0 Å². The molecule has 0 aliphatic carbocycles. The van der Waals surface area contributed by atoms with Crippen LogP contribution >= 0.6 is 11.6 Å². The van der Waals surface area contributed by atoms with E-state index in [2.05, 4.69) is 20.3 Å². The molecule has 2 heterocycles. The monoisotopic (exact) mass is 430 g/mol. The van der Waals surface area contributed by atoms with Gasteiger partial charge in [-0.2, -0.15) is 13.2 Å². The molecule has 9 heteroatoms. The van der Waals surface area contributed by atoms with Crippen molar-refractivity contribution in [2.24, 2.45) is 0 Å². The lowest BCUT2D eigenvalue weighted by Crippen LogP contribution is -2.13. The van der Waals surface area contributed by atoms with E-state index >= 15 is 0 Å². The van der Waals surface area contributed by atoms with Gasteiger partial charge in [-0.05, 0) is 61.0 Å². The van der Waals surface area contributed by atoms with Crippen LogP contribution < -0.4 is 5.32 Å². The summed E-state index contributed by atoms with van der Waals surface area (Å²) < 4.78 is 38.1. The molecule has 0 aliphatic rings. The molecular weight excluding hydrogens is 417 g/mol. The molecule has 30 heavy (non-hydrogen) atoms. The fourth-order valence-corrected chi connectivity index (χ4v) is 3.14. The number of nitrogens with one attached hydrogen (secondary N) is 2. The molecular formula is C21H14ClF3N4O. The zero-order chi connectivity index (χ0) is 21.5. The predicted molar refractivity (Wildman–Crippen MR) is 108 cm³/mol. The molecule has 2 aromatic heterocycles. The first kappa shape index (κ1) is 19.9. The van der Waals surface area contributed by atoms with Crippen LogP contribution in [0.1, 0.15) is 21.5 Å². The van der Waals surface area contributed by atoms with Gasteiger partial charge in [0.2, 0.25) is 0 Å². The van der Waals surface area contributed by atoms with Crippen LogP contribution in [0, 0.1) is 6.92 Å². The second-order valence-electron chi connectivity index (χ2n) is 6.69. The molecule has 4 rings (SSSR count). The highest BCUT2D eigenvalue weighted by atomic mass is 35.5. The Morgan fingerprint density at radius 3 is 2.53 bits per heavy atom. The van der Waals surface area contributed by atoms with E-state index in [1.54, 1.807) is 24.4 Å². The lowest BCUT2D eigenvalue weighted by Gasteiger charge is -2.10. The van der Waals surface area contributed by atoms with Crippen LogP contribution in [-0.4, -0.2) is 20.9 Å². The van der Waals surface area contributed by atoms with E-state index in [1.165, 1.54) is 0 Å². The van der Waals surface area contributed by atoms with E-state index in [0.717, 1.165) is 35.3 Å². The number of fused-ring (bicyclic) bond motifs is 1. The van der Waals surface area contributed by atoms with Crippen molar-refractivity contribution < 1.29 is 18.0 Å². The van der Waals surface area contributed by atoms with Gasteiger partial charge in [0.05, 0.1) is 16.1 Å². The van der Waals surface area contributed by atoms with Gasteiger partial charge < -0.3 is 10.3 Å². The fourth-order valence-electron chi connectivity index (χ4n) is 2.93. The number of aromatic nitrogens is 3. The summed E-state index contributed by atoms with van der Waals surface area (Å²) in [4.78, 5) is 24.3. The molecule has 2 N–H and O–H groups in total. The number of carbonyl (C=O) groups is 1. The summed E-state index contributed by atoms with van der Waals surface area (Å²) in [5, 5.41) is 3.08. The Bertz CT molecular complexity index is 1250. The van der Waals surface area contributed by atoms with Gasteiger partial charge in [-0.1, -0.05) is 11.6 Å². The van der Waals surface area contributed by atoms with Gasteiger partial charge in [0.15, 0.2) is 5.65 Å². The number of hydrogen-bond acceptors (Lipinski definition) is 3. The fraction of sp³-hybridized carbons (Fsp3) is 0.0952. The van der Waals surface area contributed by atoms with Crippen molar-refractivity contribution in [1.82, 2.24) is 15.0 Å². The number of alkyl halides is 3. The van der Waals surface area contributed by atoms with Crippen LogP contribution in [0.3, 0.4) is 0 Å². The maximum absolute atomic E-state index is 12.7. The molecule has 2 aromatic carbocycles. The average Bonchev–Trinajstić information content (AvgIpc) is 3.11. The molecule has 152 valence electrons. The molecule has 0 spiro atoms. The molecule has 0 unspecified atom stereocenters. The van der Waals surface area contributed by atoms with E-state index in [0.29, 0.717) is 27.7 Å². The topological polar surface area (TPSA) is 70.7 Å². The number of hydrogen-bond donors (Lipinski definition) is 2. The highest BCUT2D eigenvalue weighted by molar-refractivity contribution is 6.33. The Balaban J connectivity index is 1.60. The van der Waals surface area contributed by atoms with Crippen LogP contribution in [0.2, 0.25) is 5.02 Å². The van der Waals surface area contributed by atoms with E-state index in [1.807, 2.05) is 13.0 Å². The van der Waals surface area contributed by atoms with Gasteiger partial charge in [0.25, 0.3) is 5.91 Å². The number of anilines is 1. The van der Waals surface area contributed by atoms with Crippen molar-refractivity contribution in [2.75, 3.05) is 5.32 Å². The standard InChI is InChI=1S/C21H14ClF3N4O/c1-11-8-17-19(26-10-11)29-18(28-17)15-9-14(6-7-16(15)22)27-20(30)12-2-4-13(5-3-12)21(23,24)25/h2-10H,1H3,(H,27,30)(H,26,28,29). The van der Waals surface area contributed by atoms with E-state index in [-0.39, 0.29) is 5.56 Å². The normalized spacial score (nSPS) is 11.6. The quantitative estimate of drug-likeness (QED) is 0.428. The SMILES string of the molecule is Cc1cnc2nc(-c3cc(NC(=O)c4ccc(C(F)(F)F)cc4)ccc3Cl)[nH]c2c1. The van der Waals surface area contributed by atoms with Crippen LogP contribution in [0.4, 0.5) is 18.9 Å². The maximum Gasteiger partial charge on any atom is 0.416 e. The summed E-state index contributed by atoms with van der Waals surface area (Å²) >= 11 is 6.30.